The average molecular weight is 333 g/mol. The van der Waals surface area contributed by atoms with Crippen LogP contribution < -0.4 is 4.74 Å². The Morgan fingerprint density at radius 2 is 1.83 bits per heavy atom. The van der Waals surface area contributed by atoms with Gasteiger partial charge in [-0.05, 0) is 37.6 Å². The van der Waals surface area contributed by atoms with E-state index in [-0.39, 0.29) is 5.82 Å². The van der Waals surface area contributed by atoms with E-state index in [0.717, 1.165) is 62.9 Å². The first-order valence-electron chi connectivity index (χ1n) is 8.44. The van der Waals surface area contributed by atoms with Crippen LogP contribution in [0.1, 0.15) is 17.9 Å². The molecule has 130 valence electrons. The highest BCUT2D eigenvalue weighted by Crippen LogP contribution is 2.12. The fourth-order valence-corrected chi connectivity index (χ4v) is 2.89. The number of hydrogen-bond acceptors (Lipinski definition) is 5. The molecular formula is C18H24FN3O2. The van der Waals surface area contributed by atoms with Gasteiger partial charge in [-0.25, -0.2) is 4.39 Å². The van der Waals surface area contributed by atoms with Crippen LogP contribution in [0.5, 0.6) is 5.75 Å². The van der Waals surface area contributed by atoms with Gasteiger partial charge in [0.1, 0.15) is 11.6 Å². The highest BCUT2D eigenvalue weighted by Gasteiger charge is 2.17. The summed E-state index contributed by atoms with van der Waals surface area (Å²) >= 11 is 0. The summed E-state index contributed by atoms with van der Waals surface area (Å²) in [4.78, 5) is 4.85. The Labute approximate surface area is 142 Å². The number of aryl methyl sites for hydroxylation is 1. The second-order valence-corrected chi connectivity index (χ2v) is 6.21. The zero-order valence-electron chi connectivity index (χ0n) is 14.1. The van der Waals surface area contributed by atoms with Crippen LogP contribution in [0, 0.1) is 12.7 Å². The highest BCUT2D eigenvalue weighted by atomic mass is 19.1. The van der Waals surface area contributed by atoms with Gasteiger partial charge in [0.2, 0.25) is 0 Å². The third-order valence-electron chi connectivity index (χ3n) is 4.22. The SMILES string of the molecule is Cc1cc(CN2CCN(CCCOc3ccc(F)cc3)CC2)on1. The largest absolute Gasteiger partial charge is 0.494 e. The fraction of sp³-hybridized carbons (Fsp3) is 0.500. The van der Waals surface area contributed by atoms with Crippen LogP contribution >= 0.6 is 0 Å². The zero-order valence-corrected chi connectivity index (χ0v) is 14.1. The molecule has 3 rings (SSSR count). The van der Waals surface area contributed by atoms with Crippen molar-refractivity contribution >= 4 is 0 Å². The molecule has 0 aliphatic carbocycles. The molecule has 0 radical (unpaired) electrons. The molecule has 0 saturated carbocycles. The van der Waals surface area contributed by atoms with Gasteiger partial charge in [-0.15, -0.1) is 0 Å². The van der Waals surface area contributed by atoms with Crippen LogP contribution in [-0.2, 0) is 6.54 Å². The predicted molar refractivity (Wildman–Crippen MR) is 89.5 cm³/mol. The lowest BCUT2D eigenvalue weighted by Crippen LogP contribution is -2.46. The van der Waals surface area contributed by atoms with E-state index in [0.29, 0.717) is 6.61 Å². The molecule has 6 heteroatoms. The molecular weight excluding hydrogens is 309 g/mol. The second-order valence-electron chi connectivity index (χ2n) is 6.21. The molecule has 0 N–H and O–H groups in total. The summed E-state index contributed by atoms with van der Waals surface area (Å²) in [7, 11) is 0. The third kappa shape index (κ3) is 5.04. The maximum atomic E-state index is 12.8. The number of piperazine rings is 1. The first kappa shape index (κ1) is 16.9. The lowest BCUT2D eigenvalue weighted by atomic mass is 10.2. The van der Waals surface area contributed by atoms with Crippen molar-refractivity contribution in [3.63, 3.8) is 0 Å². The van der Waals surface area contributed by atoms with E-state index in [2.05, 4.69) is 15.0 Å². The van der Waals surface area contributed by atoms with Gasteiger partial charge < -0.3 is 14.2 Å². The molecule has 0 spiro atoms. The van der Waals surface area contributed by atoms with Gasteiger partial charge in [-0.2, -0.15) is 0 Å². The van der Waals surface area contributed by atoms with E-state index in [1.807, 2.05) is 13.0 Å². The number of aromatic nitrogens is 1. The van der Waals surface area contributed by atoms with Crippen molar-refractivity contribution in [2.45, 2.75) is 19.9 Å². The number of nitrogens with zero attached hydrogens (tertiary/aromatic N) is 3. The van der Waals surface area contributed by atoms with Gasteiger partial charge in [0.25, 0.3) is 0 Å². The maximum absolute atomic E-state index is 12.8. The number of benzene rings is 1. The van der Waals surface area contributed by atoms with Crippen LogP contribution in [0.25, 0.3) is 0 Å². The molecule has 1 fully saturated rings. The highest BCUT2D eigenvalue weighted by molar-refractivity contribution is 5.21. The van der Waals surface area contributed by atoms with Gasteiger partial charge in [0.15, 0.2) is 5.76 Å². The predicted octanol–water partition coefficient (Wildman–Crippen LogP) is 2.71. The first-order valence-corrected chi connectivity index (χ1v) is 8.44. The molecule has 2 aromatic rings. The van der Waals surface area contributed by atoms with Gasteiger partial charge in [-0.3, -0.25) is 4.90 Å². The standard InChI is InChI=1S/C18H24FN3O2/c1-15-13-18(24-20-15)14-22-10-8-21(9-11-22)7-2-12-23-17-5-3-16(19)4-6-17/h3-6,13H,2,7-12,14H2,1H3. The summed E-state index contributed by atoms with van der Waals surface area (Å²) < 4.78 is 23.7. The van der Waals surface area contributed by atoms with Gasteiger partial charge >= 0.3 is 0 Å². The average Bonchev–Trinajstić information content (AvgIpc) is 3.00. The molecule has 1 aromatic heterocycles. The van der Waals surface area contributed by atoms with Gasteiger partial charge in [-0.1, -0.05) is 5.16 Å². The topological polar surface area (TPSA) is 41.7 Å². The van der Waals surface area contributed by atoms with Crippen LogP contribution in [0.4, 0.5) is 4.39 Å². The van der Waals surface area contributed by atoms with Crippen LogP contribution in [0.15, 0.2) is 34.9 Å². The molecule has 1 aliphatic heterocycles. The summed E-state index contributed by atoms with van der Waals surface area (Å²) in [6.07, 6.45) is 0.971. The lowest BCUT2D eigenvalue weighted by molar-refractivity contribution is 0.113. The molecule has 0 amide bonds. The quantitative estimate of drug-likeness (QED) is 0.729. The summed E-state index contributed by atoms with van der Waals surface area (Å²) in [5.74, 6) is 1.43. The molecule has 1 aliphatic rings. The van der Waals surface area contributed by atoms with Gasteiger partial charge in [0.05, 0.1) is 18.8 Å². The summed E-state index contributed by atoms with van der Waals surface area (Å²) in [5.41, 5.74) is 0.935. The Morgan fingerprint density at radius 3 is 2.50 bits per heavy atom. The Morgan fingerprint density at radius 1 is 1.12 bits per heavy atom. The summed E-state index contributed by atoms with van der Waals surface area (Å²) in [6, 6.07) is 8.17. The molecule has 5 nitrogen and oxygen atoms in total. The molecule has 1 aromatic carbocycles. The van der Waals surface area contributed by atoms with E-state index >= 15 is 0 Å². The summed E-state index contributed by atoms with van der Waals surface area (Å²) in [5, 5.41) is 3.93. The molecule has 0 bridgehead atoms. The van der Waals surface area contributed by atoms with Crippen molar-refractivity contribution in [2.24, 2.45) is 0 Å². The molecule has 0 unspecified atom stereocenters. The fourth-order valence-electron chi connectivity index (χ4n) is 2.89. The van der Waals surface area contributed by atoms with Crippen molar-refractivity contribution in [3.05, 3.63) is 47.6 Å². The smallest absolute Gasteiger partial charge is 0.150 e. The number of rotatable bonds is 7. The van der Waals surface area contributed by atoms with E-state index in [9.17, 15) is 4.39 Å². The van der Waals surface area contributed by atoms with Crippen molar-refractivity contribution in [1.82, 2.24) is 15.0 Å². The van der Waals surface area contributed by atoms with Crippen molar-refractivity contribution in [3.8, 4) is 5.75 Å². The van der Waals surface area contributed by atoms with Crippen LogP contribution in [0.3, 0.4) is 0 Å². The van der Waals surface area contributed by atoms with E-state index in [1.165, 1.54) is 12.1 Å². The summed E-state index contributed by atoms with van der Waals surface area (Å²) in [6.45, 7) is 8.66. The third-order valence-corrected chi connectivity index (χ3v) is 4.22. The van der Waals surface area contributed by atoms with Crippen molar-refractivity contribution in [1.29, 1.82) is 0 Å². The minimum Gasteiger partial charge on any atom is -0.494 e. The minimum atomic E-state index is -0.235. The Hall–Kier alpha value is -1.92. The monoisotopic (exact) mass is 333 g/mol. The Kier molecular flexibility index (Phi) is 5.82. The molecule has 0 atom stereocenters. The van der Waals surface area contributed by atoms with Crippen LogP contribution in [-0.4, -0.2) is 54.3 Å². The number of hydrogen-bond donors (Lipinski definition) is 0. The number of ether oxygens (including phenoxy) is 1. The van der Waals surface area contributed by atoms with E-state index in [4.69, 9.17) is 9.26 Å². The molecule has 2 heterocycles. The Bertz CT molecular complexity index is 621. The van der Waals surface area contributed by atoms with Crippen molar-refractivity contribution < 1.29 is 13.7 Å². The second kappa shape index (κ2) is 8.26. The first-order chi connectivity index (χ1) is 11.7. The van der Waals surface area contributed by atoms with Crippen LogP contribution in [0.2, 0.25) is 0 Å². The molecule has 1 saturated heterocycles. The minimum absolute atomic E-state index is 0.235. The van der Waals surface area contributed by atoms with Gasteiger partial charge in [0, 0.05) is 38.8 Å². The zero-order chi connectivity index (χ0) is 16.8. The lowest BCUT2D eigenvalue weighted by Gasteiger charge is -2.34. The number of halogens is 1. The Balaban J connectivity index is 1.30. The maximum Gasteiger partial charge on any atom is 0.150 e. The van der Waals surface area contributed by atoms with E-state index in [1.54, 1.807) is 12.1 Å². The molecule has 24 heavy (non-hydrogen) atoms. The van der Waals surface area contributed by atoms with Crippen molar-refractivity contribution in [2.75, 3.05) is 39.3 Å². The normalized spacial score (nSPS) is 16.4. The van der Waals surface area contributed by atoms with E-state index < -0.39 is 0 Å².